The van der Waals surface area contributed by atoms with Crippen molar-refractivity contribution in [3.8, 4) is 0 Å². The third-order valence-electron chi connectivity index (χ3n) is 4.28. The van der Waals surface area contributed by atoms with Gasteiger partial charge in [-0.3, -0.25) is 0 Å². The van der Waals surface area contributed by atoms with Gasteiger partial charge < -0.3 is 10.2 Å². The van der Waals surface area contributed by atoms with E-state index in [1.165, 1.54) is 32.2 Å². The molecule has 2 nitrogen and oxygen atoms in total. The van der Waals surface area contributed by atoms with Gasteiger partial charge in [0.15, 0.2) is 0 Å². The largest absolute Gasteiger partial charge is 0.316 e. The summed E-state index contributed by atoms with van der Waals surface area (Å²) in [7, 11) is 2.32. The first kappa shape index (κ1) is 16.0. The molecule has 0 amide bonds. The quantitative estimate of drug-likeness (QED) is 0.749. The number of nitrogens with one attached hydrogen (secondary N) is 1. The molecular formula is C16H34N2. The number of hydrogen-bond acceptors (Lipinski definition) is 2. The van der Waals surface area contributed by atoms with Gasteiger partial charge in [-0.05, 0) is 50.7 Å². The van der Waals surface area contributed by atoms with Crippen LogP contribution in [0.3, 0.4) is 0 Å². The Morgan fingerprint density at radius 1 is 1.11 bits per heavy atom. The molecule has 0 bridgehead atoms. The normalized spacial score (nSPS) is 26.8. The van der Waals surface area contributed by atoms with Crippen molar-refractivity contribution in [3.05, 3.63) is 0 Å². The molecule has 1 aliphatic rings. The van der Waals surface area contributed by atoms with Crippen LogP contribution in [0.2, 0.25) is 0 Å². The van der Waals surface area contributed by atoms with Crippen LogP contribution in [0.15, 0.2) is 0 Å². The average molecular weight is 254 g/mol. The molecule has 1 saturated carbocycles. The topological polar surface area (TPSA) is 15.3 Å². The lowest BCUT2D eigenvalue weighted by molar-refractivity contribution is 0.124. The molecule has 1 rings (SSSR count). The van der Waals surface area contributed by atoms with Crippen LogP contribution in [-0.2, 0) is 0 Å². The molecule has 3 unspecified atom stereocenters. The van der Waals surface area contributed by atoms with Crippen molar-refractivity contribution in [2.75, 3.05) is 26.7 Å². The molecule has 0 aromatic heterocycles. The van der Waals surface area contributed by atoms with Crippen LogP contribution in [0, 0.1) is 17.8 Å². The molecule has 3 atom stereocenters. The molecule has 0 aromatic rings. The molecular weight excluding hydrogens is 220 g/mol. The van der Waals surface area contributed by atoms with Crippen molar-refractivity contribution in [3.63, 3.8) is 0 Å². The van der Waals surface area contributed by atoms with Gasteiger partial charge in [0.2, 0.25) is 0 Å². The summed E-state index contributed by atoms with van der Waals surface area (Å²) >= 11 is 0. The maximum absolute atomic E-state index is 3.58. The Labute approximate surface area is 115 Å². The van der Waals surface area contributed by atoms with Gasteiger partial charge in [-0.2, -0.15) is 0 Å². The van der Waals surface area contributed by atoms with Gasteiger partial charge in [-0.15, -0.1) is 0 Å². The summed E-state index contributed by atoms with van der Waals surface area (Å²) in [6.07, 6.45) is 5.70. The molecule has 1 fully saturated rings. The van der Waals surface area contributed by atoms with Crippen molar-refractivity contribution in [2.24, 2.45) is 17.8 Å². The zero-order valence-corrected chi connectivity index (χ0v) is 13.2. The Morgan fingerprint density at radius 3 is 2.39 bits per heavy atom. The van der Waals surface area contributed by atoms with E-state index in [0.29, 0.717) is 0 Å². The van der Waals surface area contributed by atoms with Crippen LogP contribution >= 0.6 is 0 Å². The van der Waals surface area contributed by atoms with Gasteiger partial charge in [0, 0.05) is 12.6 Å². The lowest BCUT2D eigenvalue weighted by atomic mass is 9.85. The van der Waals surface area contributed by atoms with E-state index in [9.17, 15) is 0 Å². The zero-order chi connectivity index (χ0) is 13.5. The Kier molecular flexibility index (Phi) is 7.25. The fraction of sp³-hybridized carbons (Fsp3) is 1.00. The van der Waals surface area contributed by atoms with Gasteiger partial charge in [0.1, 0.15) is 0 Å². The first-order valence-electron chi connectivity index (χ1n) is 7.91. The average Bonchev–Trinajstić information content (AvgIpc) is 2.28. The number of rotatable bonds is 7. The van der Waals surface area contributed by atoms with Gasteiger partial charge in [-0.25, -0.2) is 0 Å². The fourth-order valence-corrected chi connectivity index (χ4v) is 3.26. The first-order chi connectivity index (χ1) is 8.50. The van der Waals surface area contributed by atoms with Crippen molar-refractivity contribution in [2.45, 2.75) is 59.4 Å². The second-order valence-electron chi connectivity index (χ2n) is 6.93. The smallest absolute Gasteiger partial charge is 0.0118 e. The number of nitrogens with zero attached hydrogens (tertiary/aromatic N) is 1. The van der Waals surface area contributed by atoms with Gasteiger partial charge >= 0.3 is 0 Å². The highest BCUT2D eigenvalue weighted by Crippen LogP contribution is 2.27. The molecule has 18 heavy (non-hydrogen) atoms. The third kappa shape index (κ3) is 5.71. The van der Waals surface area contributed by atoms with Crippen LogP contribution in [0.4, 0.5) is 0 Å². The summed E-state index contributed by atoms with van der Waals surface area (Å²) in [5.41, 5.74) is 0. The third-order valence-corrected chi connectivity index (χ3v) is 4.28. The monoisotopic (exact) mass is 254 g/mol. The van der Waals surface area contributed by atoms with Gasteiger partial charge in [0.25, 0.3) is 0 Å². The second kappa shape index (κ2) is 8.16. The maximum atomic E-state index is 3.58. The highest BCUT2D eigenvalue weighted by atomic mass is 15.1. The standard InChI is InChI=1S/C16H34N2/c1-13(2)10-17-11-14(3)12-18(5)16-9-7-6-8-15(16)4/h13-17H,6-12H2,1-5H3. The van der Waals surface area contributed by atoms with Crippen molar-refractivity contribution in [1.82, 2.24) is 10.2 Å². The van der Waals surface area contributed by atoms with Crippen molar-refractivity contribution < 1.29 is 0 Å². The lowest BCUT2D eigenvalue weighted by Gasteiger charge is -2.37. The number of hydrogen-bond donors (Lipinski definition) is 1. The van der Waals surface area contributed by atoms with E-state index in [1.54, 1.807) is 0 Å². The fourth-order valence-electron chi connectivity index (χ4n) is 3.26. The van der Waals surface area contributed by atoms with Crippen molar-refractivity contribution >= 4 is 0 Å². The van der Waals surface area contributed by atoms with Crippen LogP contribution in [0.25, 0.3) is 0 Å². The summed E-state index contributed by atoms with van der Waals surface area (Å²) in [5.74, 6) is 2.40. The molecule has 0 radical (unpaired) electrons. The lowest BCUT2D eigenvalue weighted by Crippen LogP contribution is -2.42. The van der Waals surface area contributed by atoms with Crippen LogP contribution in [-0.4, -0.2) is 37.6 Å². The molecule has 0 heterocycles. The van der Waals surface area contributed by atoms with Gasteiger partial charge in [-0.1, -0.05) is 40.5 Å². The van der Waals surface area contributed by atoms with Crippen molar-refractivity contribution in [1.29, 1.82) is 0 Å². The Bertz CT molecular complexity index is 215. The summed E-state index contributed by atoms with van der Waals surface area (Å²) in [6.45, 7) is 12.9. The molecule has 0 saturated heterocycles. The Balaban J connectivity index is 2.23. The predicted molar refractivity (Wildman–Crippen MR) is 80.9 cm³/mol. The SMILES string of the molecule is CC(C)CNCC(C)CN(C)C1CCCCC1C. The molecule has 1 N–H and O–H groups in total. The summed E-state index contributed by atoms with van der Waals surface area (Å²) < 4.78 is 0. The summed E-state index contributed by atoms with van der Waals surface area (Å²) in [5, 5.41) is 3.58. The maximum Gasteiger partial charge on any atom is 0.0118 e. The molecule has 1 aliphatic carbocycles. The van der Waals surface area contributed by atoms with E-state index in [0.717, 1.165) is 36.9 Å². The van der Waals surface area contributed by atoms with E-state index in [-0.39, 0.29) is 0 Å². The highest BCUT2D eigenvalue weighted by molar-refractivity contribution is 4.80. The minimum Gasteiger partial charge on any atom is -0.316 e. The highest BCUT2D eigenvalue weighted by Gasteiger charge is 2.25. The zero-order valence-electron chi connectivity index (χ0n) is 13.2. The minimum absolute atomic E-state index is 0.753. The predicted octanol–water partition coefficient (Wildman–Crippen LogP) is 3.38. The first-order valence-corrected chi connectivity index (χ1v) is 7.91. The van der Waals surface area contributed by atoms with E-state index in [4.69, 9.17) is 0 Å². The van der Waals surface area contributed by atoms with E-state index >= 15 is 0 Å². The van der Waals surface area contributed by atoms with E-state index in [1.807, 2.05) is 0 Å². The Morgan fingerprint density at radius 2 is 1.78 bits per heavy atom. The summed E-state index contributed by atoms with van der Waals surface area (Å²) in [4.78, 5) is 2.62. The van der Waals surface area contributed by atoms with E-state index in [2.05, 4.69) is 45.0 Å². The van der Waals surface area contributed by atoms with Crippen LogP contribution in [0.1, 0.15) is 53.4 Å². The molecule has 0 spiro atoms. The molecule has 0 aromatic carbocycles. The minimum atomic E-state index is 0.753. The van der Waals surface area contributed by atoms with Gasteiger partial charge in [0.05, 0.1) is 0 Å². The van der Waals surface area contributed by atoms with Crippen LogP contribution in [0.5, 0.6) is 0 Å². The van der Waals surface area contributed by atoms with Crippen LogP contribution < -0.4 is 5.32 Å². The molecule has 2 heteroatoms. The van der Waals surface area contributed by atoms with E-state index < -0.39 is 0 Å². The molecule has 108 valence electrons. The molecule has 0 aliphatic heterocycles. The summed E-state index contributed by atoms with van der Waals surface area (Å²) in [6, 6.07) is 0.825. The second-order valence-corrected chi connectivity index (χ2v) is 6.93. The Hall–Kier alpha value is -0.0800.